The molecule has 1 aromatic rings. The Labute approximate surface area is 112 Å². The van der Waals surface area contributed by atoms with Gasteiger partial charge in [0.05, 0.1) is 19.8 Å². The molecule has 0 heterocycles. The van der Waals surface area contributed by atoms with E-state index < -0.39 is 15.6 Å². The predicted octanol–water partition coefficient (Wildman–Crippen LogP) is 0.639. The van der Waals surface area contributed by atoms with Gasteiger partial charge in [-0.05, 0) is 18.7 Å². The molecule has 19 heavy (non-hydrogen) atoms. The normalized spacial score (nSPS) is 11.2. The lowest BCUT2D eigenvalue weighted by Gasteiger charge is -2.15. The SMILES string of the molecule is COc1ccc(OC)c(S(C)(=O)=O)c1C(=O)CCN. The Morgan fingerprint density at radius 1 is 1.21 bits per heavy atom. The molecule has 0 radical (unpaired) electrons. The summed E-state index contributed by atoms with van der Waals surface area (Å²) in [5, 5.41) is 0. The third-order valence-electron chi connectivity index (χ3n) is 2.54. The highest BCUT2D eigenvalue weighted by Gasteiger charge is 2.27. The number of rotatable bonds is 6. The van der Waals surface area contributed by atoms with Crippen molar-refractivity contribution in [1.29, 1.82) is 0 Å². The van der Waals surface area contributed by atoms with E-state index in [9.17, 15) is 13.2 Å². The number of nitrogens with two attached hydrogens (primary N) is 1. The van der Waals surface area contributed by atoms with Gasteiger partial charge in [0.15, 0.2) is 15.6 Å². The van der Waals surface area contributed by atoms with Crippen LogP contribution in [0.4, 0.5) is 0 Å². The largest absolute Gasteiger partial charge is 0.496 e. The van der Waals surface area contributed by atoms with E-state index >= 15 is 0 Å². The van der Waals surface area contributed by atoms with Gasteiger partial charge in [-0.3, -0.25) is 4.79 Å². The summed E-state index contributed by atoms with van der Waals surface area (Å²) in [6, 6.07) is 2.95. The predicted molar refractivity (Wildman–Crippen MR) is 70.7 cm³/mol. The van der Waals surface area contributed by atoms with Crippen LogP contribution in [0.5, 0.6) is 11.5 Å². The molecule has 0 aliphatic heterocycles. The first kappa shape index (κ1) is 15.5. The first-order valence-corrected chi connectivity index (χ1v) is 7.44. The monoisotopic (exact) mass is 287 g/mol. The summed E-state index contributed by atoms with van der Waals surface area (Å²) >= 11 is 0. The summed E-state index contributed by atoms with van der Waals surface area (Å²) in [7, 11) is -0.930. The second-order valence-electron chi connectivity index (χ2n) is 3.91. The number of hydrogen-bond donors (Lipinski definition) is 1. The zero-order valence-corrected chi connectivity index (χ0v) is 11.9. The first-order valence-electron chi connectivity index (χ1n) is 5.55. The number of ketones is 1. The topological polar surface area (TPSA) is 95.7 Å². The summed E-state index contributed by atoms with van der Waals surface area (Å²) in [6.45, 7) is 0.127. The number of methoxy groups -OCH3 is 2. The van der Waals surface area contributed by atoms with Gasteiger partial charge in [0.1, 0.15) is 16.4 Å². The number of hydrogen-bond acceptors (Lipinski definition) is 6. The second-order valence-corrected chi connectivity index (χ2v) is 5.86. The molecule has 0 aliphatic carbocycles. The Morgan fingerprint density at radius 2 is 1.74 bits per heavy atom. The standard InChI is InChI=1S/C12H17NO5S/c1-17-9-4-5-10(18-2)12(19(3,15)16)11(9)8(14)6-7-13/h4-5H,6-7,13H2,1-3H3. The van der Waals surface area contributed by atoms with Crippen molar-refractivity contribution in [2.45, 2.75) is 11.3 Å². The van der Waals surface area contributed by atoms with E-state index in [4.69, 9.17) is 15.2 Å². The molecule has 7 heteroatoms. The maximum Gasteiger partial charge on any atom is 0.180 e. The van der Waals surface area contributed by atoms with Crippen molar-refractivity contribution in [2.75, 3.05) is 27.0 Å². The molecule has 0 atom stereocenters. The summed E-state index contributed by atoms with van der Waals surface area (Å²) in [5.41, 5.74) is 5.34. The molecule has 1 rings (SSSR count). The van der Waals surface area contributed by atoms with Crippen LogP contribution in [0.3, 0.4) is 0 Å². The molecule has 2 N–H and O–H groups in total. The van der Waals surface area contributed by atoms with E-state index in [1.54, 1.807) is 0 Å². The maximum absolute atomic E-state index is 12.1. The van der Waals surface area contributed by atoms with Crippen LogP contribution in [0, 0.1) is 0 Å². The lowest BCUT2D eigenvalue weighted by Crippen LogP contribution is -2.15. The van der Waals surface area contributed by atoms with Gasteiger partial charge in [-0.25, -0.2) is 8.42 Å². The molecule has 0 bridgehead atoms. The van der Waals surface area contributed by atoms with Gasteiger partial charge in [-0.15, -0.1) is 0 Å². The summed E-state index contributed by atoms with van der Waals surface area (Å²) in [6.07, 6.45) is 1.05. The van der Waals surface area contributed by atoms with Crippen molar-refractivity contribution in [3.05, 3.63) is 17.7 Å². The molecule has 0 aromatic heterocycles. The van der Waals surface area contributed by atoms with Crippen LogP contribution in [0.1, 0.15) is 16.8 Å². The Kier molecular flexibility index (Phi) is 4.90. The summed E-state index contributed by atoms with van der Waals surface area (Å²) < 4.78 is 33.9. The van der Waals surface area contributed by atoms with Crippen molar-refractivity contribution in [3.63, 3.8) is 0 Å². The third kappa shape index (κ3) is 3.24. The van der Waals surface area contributed by atoms with Crippen molar-refractivity contribution in [3.8, 4) is 11.5 Å². The smallest absolute Gasteiger partial charge is 0.180 e. The van der Waals surface area contributed by atoms with Gasteiger partial charge in [-0.2, -0.15) is 0 Å². The van der Waals surface area contributed by atoms with Crippen LogP contribution in [-0.2, 0) is 9.84 Å². The van der Waals surface area contributed by atoms with Crippen molar-refractivity contribution >= 4 is 15.6 Å². The highest BCUT2D eigenvalue weighted by Crippen LogP contribution is 2.34. The van der Waals surface area contributed by atoms with Crippen LogP contribution >= 0.6 is 0 Å². The Balaban J connectivity index is 3.67. The minimum Gasteiger partial charge on any atom is -0.496 e. The molecule has 0 amide bonds. The molecule has 1 aromatic carbocycles. The Morgan fingerprint density at radius 3 is 2.16 bits per heavy atom. The van der Waals surface area contributed by atoms with Gasteiger partial charge in [0.2, 0.25) is 0 Å². The first-order chi connectivity index (χ1) is 8.86. The van der Waals surface area contributed by atoms with Crippen LogP contribution in [0.15, 0.2) is 17.0 Å². The van der Waals surface area contributed by atoms with Gasteiger partial charge >= 0.3 is 0 Å². The molecule has 0 unspecified atom stereocenters. The lowest BCUT2D eigenvalue weighted by molar-refractivity contribution is 0.0978. The third-order valence-corrected chi connectivity index (χ3v) is 3.69. The van der Waals surface area contributed by atoms with E-state index in [1.807, 2.05) is 0 Å². The van der Waals surface area contributed by atoms with E-state index in [0.717, 1.165) is 6.26 Å². The number of sulfone groups is 1. The fourth-order valence-electron chi connectivity index (χ4n) is 1.76. The molecular weight excluding hydrogens is 270 g/mol. The number of benzene rings is 1. The highest BCUT2D eigenvalue weighted by atomic mass is 32.2. The zero-order valence-electron chi connectivity index (χ0n) is 11.1. The minimum atomic E-state index is -3.64. The quantitative estimate of drug-likeness (QED) is 0.771. The van der Waals surface area contributed by atoms with Gasteiger partial charge in [0, 0.05) is 12.7 Å². The number of carbonyl (C=O) groups excluding carboxylic acids is 1. The summed E-state index contributed by atoms with van der Waals surface area (Å²) in [4.78, 5) is 11.9. The van der Waals surface area contributed by atoms with Crippen LogP contribution in [0.2, 0.25) is 0 Å². The van der Waals surface area contributed by atoms with Crippen molar-refractivity contribution in [2.24, 2.45) is 5.73 Å². The average Bonchev–Trinajstić information content (AvgIpc) is 2.36. The van der Waals surface area contributed by atoms with Crippen LogP contribution < -0.4 is 15.2 Å². The summed E-state index contributed by atoms with van der Waals surface area (Å²) in [5.74, 6) is -0.0815. The molecule has 0 spiro atoms. The van der Waals surface area contributed by atoms with Crippen molar-refractivity contribution < 1.29 is 22.7 Å². The van der Waals surface area contributed by atoms with E-state index in [2.05, 4.69) is 0 Å². The van der Waals surface area contributed by atoms with E-state index in [1.165, 1.54) is 26.4 Å². The fourth-order valence-corrected chi connectivity index (χ4v) is 2.87. The molecular formula is C12H17NO5S. The maximum atomic E-state index is 12.1. The zero-order chi connectivity index (χ0) is 14.6. The number of ether oxygens (including phenoxy) is 2. The fraction of sp³-hybridized carbons (Fsp3) is 0.417. The second kappa shape index (κ2) is 6.03. The van der Waals surface area contributed by atoms with Gasteiger partial charge < -0.3 is 15.2 Å². The molecule has 0 saturated heterocycles. The number of carbonyl (C=O) groups is 1. The Bertz CT molecular complexity index is 580. The van der Waals surface area contributed by atoms with E-state index in [-0.39, 0.29) is 34.9 Å². The lowest BCUT2D eigenvalue weighted by atomic mass is 10.1. The average molecular weight is 287 g/mol. The van der Waals surface area contributed by atoms with E-state index in [0.29, 0.717) is 0 Å². The van der Waals surface area contributed by atoms with Crippen LogP contribution in [0.25, 0.3) is 0 Å². The molecule has 0 aliphatic rings. The van der Waals surface area contributed by atoms with Crippen molar-refractivity contribution in [1.82, 2.24) is 0 Å². The number of Topliss-reactive ketones (excluding diaryl/α,β-unsaturated/α-hetero) is 1. The Hall–Kier alpha value is -1.60. The molecule has 6 nitrogen and oxygen atoms in total. The van der Waals surface area contributed by atoms with Gasteiger partial charge in [0.25, 0.3) is 0 Å². The minimum absolute atomic E-state index is 0.00481. The molecule has 0 fully saturated rings. The highest BCUT2D eigenvalue weighted by molar-refractivity contribution is 7.91. The van der Waals surface area contributed by atoms with Gasteiger partial charge in [-0.1, -0.05) is 0 Å². The molecule has 0 saturated carbocycles. The molecule has 106 valence electrons. The van der Waals surface area contributed by atoms with Crippen LogP contribution in [-0.4, -0.2) is 41.2 Å².